The number of phenols is 1. The summed E-state index contributed by atoms with van der Waals surface area (Å²) in [6.45, 7) is 1.56. The monoisotopic (exact) mass is 406 g/mol. The maximum Gasteiger partial charge on any atom is 0.342 e. The lowest BCUT2D eigenvalue weighted by Crippen LogP contribution is -2.10. The average Bonchev–Trinajstić information content (AvgIpc) is 3.07. The second kappa shape index (κ2) is 7.02. The van der Waals surface area contributed by atoms with Crippen LogP contribution in [0.25, 0.3) is 11.5 Å². The number of hydrogen-bond acceptors (Lipinski definition) is 6. The van der Waals surface area contributed by atoms with E-state index >= 15 is 0 Å². The summed E-state index contributed by atoms with van der Waals surface area (Å²) in [5.41, 5.74) is 0.558. The molecule has 0 bridgehead atoms. The van der Waals surface area contributed by atoms with E-state index < -0.39 is 12.1 Å². The number of carbonyl (C=O) groups excluding carboxylic acids is 1. The van der Waals surface area contributed by atoms with Gasteiger partial charge in [-0.05, 0) is 49.4 Å². The lowest BCUT2D eigenvalue weighted by Gasteiger charge is -2.10. The van der Waals surface area contributed by atoms with Gasteiger partial charge in [-0.2, -0.15) is 0 Å². The normalized spacial score (nSPS) is 12.0. The third kappa shape index (κ3) is 3.85. The topological polar surface area (TPSA) is 85.5 Å². The number of hydrogen-bond donors (Lipinski definition) is 1. The van der Waals surface area contributed by atoms with Crippen LogP contribution in [0.1, 0.15) is 29.3 Å². The van der Waals surface area contributed by atoms with Crippen LogP contribution in [0.3, 0.4) is 0 Å². The summed E-state index contributed by atoms with van der Waals surface area (Å²) in [5.74, 6) is -1.03. The molecule has 6 nitrogen and oxygen atoms in total. The Morgan fingerprint density at radius 3 is 2.68 bits per heavy atom. The molecule has 0 unspecified atom stereocenters. The number of halogens is 2. The molecule has 0 fully saturated rings. The highest BCUT2D eigenvalue weighted by atomic mass is 79.9. The van der Waals surface area contributed by atoms with Crippen molar-refractivity contribution < 1.29 is 23.4 Å². The summed E-state index contributed by atoms with van der Waals surface area (Å²) in [6, 6.07) is 9.98. The van der Waals surface area contributed by atoms with Crippen molar-refractivity contribution in [2.45, 2.75) is 13.0 Å². The van der Waals surface area contributed by atoms with Gasteiger partial charge < -0.3 is 14.3 Å². The minimum Gasteiger partial charge on any atom is -0.507 e. The van der Waals surface area contributed by atoms with Crippen molar-refractivity contribution >= 4 is 21.9 Å². The predicted molar refractivity (Wildman–Crippen MR) is 89.3 cm³/mol. The van der Waals surface area contributed by atoms with Crippen LogP contribution in [0.15, 0.2) is 51.4 Å². The Balaban J connectivity index is 1.75. The molecule has 0 radical (unpaired) electrons. The van der Waals surface area contributed by atoms with Crippen molar-refractivity contribution in [1.29, 1.82) is 0 Å². The SMILES string of the molecule is C[C@@H](OC(=O)c1cc(Br)ccc1O)c1nnc(-c2ccc(F)cc2)o1. The Kier molecular flexibility index (Phi) is 4.80. The summed E-state index contributed by atoms with van der Waals surface area (Å²) in [5, 5.41) is 17.5. The second-order valence-electron chi connectivity index (χ2n) is 5.16. The molecule has 8 heteroatoms. The Labute approximate surface area is 150 Å². The van der Waals surface area contributed by atoms with Crippen LogP contribution in [0, 0.1) is 5.82 Å². The van der Waals surface area contributed by atoms with E-state index in [1.807, 2.05) is 0 Å². The van der Waals surface area contributed by atoms with Gasteiger partial charge in [0, 0.05) is 10.0 Å². The molecule has 1 aromatic heterocycles. The maximum absolute atomic E-state index is 13.0. The van der Waals surface area contributed by atoms with Crippen molar-refractivity contribution in [3.05, 3.63) is 64.2 Å². The van der Waals surface area contributed by atoms with Gasteiger partial charge in [0.25, 0.3) is 5.89 Å². The van der Waals surface area contributed by atoms with Crippen molar-refractivity contribution in [3.8, 4) is 17.2 Å². The van der Waals surface area contributed by atoms with Crippen LogP contribution in [0.2, 0.25) is 0 Å². The molecular weight excluding hydrogens is 395 g/mol. The number of aromatic hydroxyl groups is 1. The average molecular weight is 407 g/mol. The highest BCUT2D eigenvalue weighted by Crippen LogP contribution is 2.26. The van der Waals surface area contributed by atoms with Gasteiger partial charge in [0.15, 0.2) is 6.10 Å². The third-order valence-corrected chi connectivity index (χ3v) is 3.84. The molecule has 128 valence electrons. The number of ether oxygens (including phenoxy) is 1. The van der Waals surface area contributed by atoms with Crippen LogP contribution in [-0.4, -0.2) is 21.3 Å². The van der Waals surface area contributed by atoms with E-state index in [1.165, 1.54) is 36.4 Å². The number of carbonyl (C=O) groups is 1. The van der Waals surface area contributed by atoms with E-state index in [0.29, 0.717) is 10.0 Å². The fraction of sp³-hybridized carbons (Fsp3) is 0.118. The van der Waals surface area contributed by atoms with Gasteiger partial charge in [-0.1, -0.05) is 15.9 Å². The summed E-state index contributed by atoms with van der Waals surface area (Å²) in [7, 11) is 0. The zero-order valence-electron chi connectivity index (χ0n) is 12.9. The maximum atomic E-state index is 13.0. The molecule has 0 saturated carbocycles. The molecule has 1 heterocycles. The summed E-state index contributed by atoms with van der Waals surface area (Å²) < 4.78 is 24.3. The van der Waals surface area contributed by atoms with Crippen molar-refractivity contribution in [3.63, 3.8) is 0 Å². The summed E-state index contributed by atoms with van der Waals surface area (Å²) in [6.07, 6.45) is -0.826. The van der Waals surface area contributed by atoms with Gasteiger partial charge in [0.05, 0.1) is 0 Å². The van der Waals surface area contributed by atoms with E-state index in [2.05, 4.69) is 26.1 Å². The first-order valence-corrected chi connectivity index (χ1v) is 8.02. The first-order valence-electron chi connectivity index (χ1n) is 7.23. The number of phenolic OH excluding ortho intramolecular Hbond substituents is 1. The number of esters is 1. The number of aromatic nitrogens is 2. The van der Waals surface area contributed by atoms with Gasteiger partial charge in [-0.15, -0.1) is 10.2 Å². The fourth-order valence-electron chi connectivity index (χ4n) is 2.05. The molecule has 0 amide bonds. The Bertz CT molecular complexity index is 911. The van der Waals surface area contributed by atoms with Crippen molar-refractivity contribution in [2.75, 3.05) is 0 Å². The standard InChI is InChI=1S/C17H12BrFN2O4/c1-9(24-17(23)13-8-11(18)4-7-14(13)22)15-20-21-16(25-15)10-2-5-12(19)6-3-10/h2-9,22H,1H3/t9-/m1/s1. The Hall–Kier alpha value is -2.74. The third-order valence-electron chi connectivity index (χ3n) is 3.34. The van der Waals surface area contributed by atoms with Gasteiger partial charge in [-0.25, -0.2) is 9.18 Å². The van der Waals surface area contributed by atoms with E-state index in [9.17, 15) is 14.3 Å². The quantitative estimate of drug-likeness (QED) is 0.651. The molecule has 0 spiro atoms. The molecule has 0 aliphatic heterocycles. The molecule has 1 N–H and O–H groups in total. The molecule has 1 atom stereocenters. The zero-order valence-corrected chi connectivity index (χ0v) is 14.5. The molecule has 2 aromatic carbocycles. The molecule has 0 aliphatic carbocycles. The van der Waals surface area contributed by atoms with Crippen LogP contribution < -0.4 is 0 Å². The van der Waals surface area contributed by atoms with E-state index in [0.717, 1.165) is 0 Å². The molecule has 3 aromatic rings. The Morgan fingerprint density at radius 2 is 1.96 bits per heavy atom. The molecular formula is C17H12BrFN2O4. The first-order chi connectivity index (χ1) is 11.9. The highest BCUT2D eigenvalue weighted by molar-refractivity contribution is 9.10. The van der Waals surface area contributed by atoms with Crippen LogP contribution in [0.5, 0.6) is 5.75 Å². The number of nitrogens with zero attached hydrogens (tertiary/aromatic N) is 2. The zero-order chi connectivity index (χ0) is 18.0. The van der Waals surface area contributed by atoms with Crippen LogP contribution in [0.4, 0.5) is 4.39 Å². The van der Waals surface area contributed by atoms with E-state index in [-0.39, 0.29) is 28.9 Å². The number of benzene rings is 2. The van der Waals surface area contributed by atoms with Gasteiger partial charge >= 0.3 is 5.97 Å². The van der Waals surface area contributed by atoms with Crippen LogP contribution >= 0.6 is 15.9 Å². The minimum absolute atomic E-state index is 0.0134. The smallest absolute Gasteiger partial charge is 0.342 e. The van der Waals surface area contributed by atoms with Crippen molar-refractivity contribution in [1.82, 2.24) is 10.2 Å². The lowest BCUT2D eigenvalue weighted by atomic mass is 10.2. The summed E-state index contributed by atoms with van der Waals surface area (Å²) >= 11 is 3.22. The molecule has 0 saturated heterocycles. The van der Waals surface area contributed by atoms with Crippen molar-refractivity contribution in [2.24, 2.45) is 0 Å². The second-order valence-corrected chi connectivity index (χ2v) is 6.08. The highest BCUT2D eigenvalue weighted by Gasteiger charge is 2.22. The molecule has 0 aliphatic rings. The molecule has 3 rings (SSSR count). The van der Waals surface area contributed by atoms with E-state index in [4.69, 9.17) is 9.15 Å². The number of rotatable bonds is 4. The largest absolute Gasteiger partial charge is 0.507 e. The lowest BCUT2D eigenvalue weighted by molar-refractivity contribution is 0.0276. The van der Waals surface area contributed by atoms with Gasteiger partial charge in [0.1, 0.15) is 17.1 Å². The fourth-order valence-corrected chi connectivity index (χ4v) is 2.42. The molecule has 25 heavy (non-hydrogen) atoms. The first kappa shape index (κ1) is 17.1. The van der Waals surface area contributed by atoms with Gasteiger partial charge in [-0.3, -0.25) is 0 Å². The van der Waals surface area contributed by atoms with Gasteiger partial charge in [0.2, 0.25) is 5.89 Å². The Morgan fingerprint density at radius 1 is 1.24 bits per heavy atom. The summed E-state index contributed by atoms with van der Waals surface area (Å²) in [4.78, 5) is 12.2. The van der Waals surface area contributed by atoms with E-state index in [1.54, 1.807) is 13.0 Å². The minimum atomic E-state index is -0.826. The predicted octanol–water partition coefficient (Wildman–Crippen LogP) is 4.26. The van der Waals surface area contributed by atoms with Crippen LogP contribution in [-0.2, 0) is 4.74 Å².